The molecular weight excluding hydrogens is 207 g/mol. The highest BCUT2D eigenvalue weighted by atomic mass is 19.1. The third-order valence-corrected chi connectivity index (χ3v) is 2.58. The van der Waals surface area contributed by atoms with Gasteiger partial charge in [-0.15, -0.1) is 0 Å². The fraction of sp³-hybridized carbons (Fsp3) is 0.417. The molecule has 1 aromatic rings. The van der Waals surface area contributed by atoms with Crippen LogP contribution in [0.25, 0.3) is 0 Å². The van der Waals surface area contributed by atoms with Crippen LogP contribution >= 0.6 is 0 Å². The van der Waals surface area contributed by atoms with Gasteiger partial charge in [-0.1, -0.05) is 0 Å². The molecule has 1 rings (SSSR count). The summed E-state index contributed by atoms with van der Waals surface area (Å²) in [4.78, 5) is 1.82. The summed E-state index contributed by atoms with van der Waals surface area (Å²) < 4.78 is 13.2. The maximum atomic E-state index is 13.2. The molecule has 0 saturated heterocycles. The van der Waals surface area contributed by atoms with Crippen LogP contribution in [0.1, 0.15) is 18.9 Å². The van der Waals surface area contributed by atoms with Crippen molar-refractivity contribution in [3.63, 3.8) is 0 Å². The van der Waals surface area contributed by atoms with Crippen molar-refractivity contribution < 1.29 is 9.50 Å². The van der Waals surface area contributed by atoms with E-state index >= 15 is 0 Å². The third kappa shape index (κ3) is 2.94. The average Bonchev–Trinajstić information content (AvgIpc) is 2.27. The van der Waals surface area contributed by atoms with Crippen LogP contribution in [0.15, 0.2) is 18.2 Å². The topological polar surface area (TPSA) is 47.3 Å². The predicted molar refractivity (Wildman–Crippen MR) is 60.4 cm³/mol. The van der Waals surface area contributed by atoms with E-state index in [9.17, 15) is 4.39 Å². The minimum atomic E-state index is -0.377. The van der Waals surface area contributed by atoms with E-state index in [1.165, 1.54) is 12.1 Å². The zero-order valence-electron chi connectivity index (χ0n) is 9.44. The number of benzene rings is 1. The number of anilines is 1. The van der Waals surface area contributed by atoms with Gasteiger partial charge < -0.3 is 10.0 Å². The number of hydrogen-bond donors (Lipinski definition) is 1. The zero-order chi connectivity index (χ0) is 12.1. The molecule has 16 heavy (non-hydrogen) atoms. The summed E-state index contributed by atoms with van der Waals surface area (Å²) in [7, 11) is 1.80. The van der Waals surface area contributed by atoms with Crippen molar-refractivity contribution in [2.45, 2.75) is 26.0 Å². The van der Waals surface area contributed by atoms with Crippen molar-refractivity contribution in [2.24, 2.45) is 0 Å². The van der Waals surface area contributed by atoms with E-state index in [1.54, 1.807) is 13.1 Å². The molecule has 0 amide bonds. The molecule has 0 bridgehead atoms. The quantitative estimate of drug-likeness (QED) is 0.848. The Morgan fingerprint density at radius 1 is 1.50 bits per heavy atom. The Bertz CT molecular complexity index is 400. The number of nitriles is 1. The second-order valence-electron chi connectivity index (χ2n) is 3.80. The molecule has 0 heterocycles. The van der Waals surface area contributed by atoms with Crippen LogP contribution in [0.2, 0.25) is 0 Å². The number of nitrogens with zero attached hydrogens (tertiary/aromatic N) is 2. The van der Waals surface area contributed by atoms with Gasteiger partial charge in [0.2, 0.25) is 0 Å². The van der Waals surface area contributed by atoms with Gasteiger partial charge in [0.1, 0.15) is 5.82 Å². The first-order valence-corrected chi connectivity index (χ1v) is 5.08. The number of halogens is 1. The highest BCUT2D eigenvalue weighted by molar-refractivity contribution is 5.49. The number of aliphatic hydroxyl groups is 1. The number of aliphatic hydroxyl groups excluding tert-OH is 1. The molecule has 0 aliphatic heterocycles. The summed E-state index contributed by atoms with van der Waals surface area (Å²) in [5.41, 5.74) is 1.21. The van der Waals surface area contributed by atoms with Gasteiger partial charge >= 0.3 is 0 Å². The summed E-state index contributed by atoms with van der Waals surface area (Å²) in [6.07, 6.45) is 0.376. The lowest BCUT2D eigenvalue weighted by Crippen LogP contribution is -2.28. The summed E-state index contributed by atoms with van der Waals surface area (Å²) in [5, 5.41) is 17.6. The molecule has 1 unspecified atom stereocenters. The van der Waals surface area contributed by atoms with E-state index < -0.39 is 0 Å². The molecule has 1 aromatic carbocycles. The van der Waals surface area contributed by atoms with E-state index in [0.29, 0.717) is 17.7 Å². The van der Waals surface area contributed by atoms with Crippen molar-refractivity contribution in [3.8, 4) is 6.07 Å². The van der Waals surface area contributed by atoms with Crippen LogP contribution in [-0.2, 0) is 6.61 Å². The Balaban J connectivity index is 2.95. The van der Waals surface area contributed by atoms with E-state index in [-0.39, 0.29) is 18.5 Å². The van der Waals surface area contributed by atoms with Gasteiger partial charge in [0.05, 0.1) is 19.1 Å². The second kappa shape index (κ2) is 5.47. The lowest BCUT2D eigenvalue weighted by molar-refractivity contribution is 0.281. The van der Waals surface area contributed by atoms with Crippen molar-refractivity contribution in [1.82, 2.24) is 0 Å². The number of hydrogen-bond acceptors (Lipinski definition) is 3. The minimum Gasteiger partial charge on any atom is -0.392 e. The Morgan fingerprint density at radius 2 is 2.19 bits per heavy atom. The molecule has 0 radical (unpaired) electrons. The first-order valence-electron chi connectivity index (χ1n) is 5.08. The normalized spacial score (nSPS) is 11.9. The fourth-order valence-corrected chi connectivity index (χ4v) is 1.45. The van der Waals surface area contributed by atoms with E-state index in [0.717, 1.165) is 0 Å². The minimum absolute atomic E-state index is 0.0124. The Kier molecular flexibility index (Phi) is 4.27. The Labute approximate surface area is 94.7 Å². The first kappa shape index (κ1) is 12.5. The molecule has 0 saturated carbocycles. The molecule has 1 N–H and O–H groups in total. The molecule has 1 atom stereocenters. The lowest BCUT2D eigenvalue weighted by Gasteiger charge is -2.25. The molecule has 0 aliphatic carbocycles. The summed E-state index contributed by atoms with van der Waals surface area (Å²) in [5.74, 6) is -0.377. The lowest BCUT2D eigenvalue weighted by atomic mass is 10.1. The van der Waals surface area contributed by atoms with Gasteiger partial charge in [-0.3, -0.25) is 0 Å². The SMILES string of the molecule is CC(CC#N)N(C)c1cc(F)cc(CO)c1. The smallest absolute Gasteiger partial charge is 0.125 e. The molecular formula is C12H15FN2O. The van der Waals surface area contributed by atoms with Crippen LogP contribution in [0, 0.1) is 17.1 Å². The maximum Gasteiger partial charge on any atom is 0.125 e. The second-order valence-corrected chi connectivity index (χ2v) is 3.80. The van der Waals surface area contributed by atoms with Gasteiger partial charge in [-0.2, -0.15) is 5.26 Å². The van der Waals surface area contributed by atoms with Crippen LogP contribution < -0.4 is 4.90 Å². The highest BCUT2D eigenvalue weighted by Crippen LogP contribution is 2.20. The van der Waals surface area contributed by atoms with Crippen molar-refractivity contribution in [2.75, 3.05) is 11.9 Å². The largest absolute Gasteiger partial charge is 0.392 e. The van der Waals surface area contributed by atoms with Crippen molar-refractivity contribution in [3.05, 3.63) is 29.6 Å². The van der Waals surface area contributed by atoms with Gasteiger partial charge in [0.25, 0.3) is 0 Å². The van der Waals surface area contributed by atoms with Crippen molar-refractivity contribution in [1.29, 1.82) is 5.26 Å². The molecule has 86 valence electrons. The molecule has 3 nitrogen and oxygen atoms in total. The third-order valence-electron chi connectivity index (χ3n) is 2.58. The first-order chi connectivity index (χ1) is 7.58. The number of rotatable bonds is 4. The van der Waals surface area contributed by atoms with Gasteiger partial charge in [-0.25, -0.2) is 4.39 Å². The molecule has 4 heteroatoms. The summed E-state index contributed by atoms with van der Waals surface area (Å²) in [6, 6.07) is 6.50. The van der Waals surface area contributed by atoms with Crippen LogP contribution in [-0.4, -0.2) is 18.2 Å². The fourth-order valence-electron chi connectivity index (χ4n) is 1.45. The summed E-state index contributed by atoms with van der Waals surface area (Å²) in [6.45, 7) is 1.71. The zero-order valence-corrected chi connectivity index (χ0v) is 9.44. The highest BCUT2D eigenvalue weighted by Gasteiger charge is 2.11. The Hall–Kier alpha value is -1.60. The van der Waals surface area contributed by atoms with E-state index in [2.05, 4.69) is 6.07 Å². The standard InChI is InChI=1S/C12H15FN2O/c1-9(3-4-14)15(2)12-6-10(8-16)5-11(13)7-12/h5-7,9,16H,3,8H2,1-2H3. The van der Waals surface area contributed by atoms with Gasteiger partial charge in [-0.05, 0) is 30.7 Å². The van der Waals surface area contributed by atoms with Crippen molar-refractivity contribution >= 4 is 5.69 Å². The van der Waals surface area contributed by atoms with E-state index in [1.807, 2.05) is 11.8 Å². The van der Waals surface area contributed by atoms with Gasteiger partial charge in [0.15, 0.2) is 0 Å². The van der Waals surface area contributed by atoms with Crippen LogP contribution in [0.3, 0.4) is 0 Å². The average molecular weight is 222 g/mol. The Morgan fingerprint density at radius 3 is 2.75 bits per heavy atom. The monoisotopic (exact) mass is 222 g/mol. The predicted octanol–water partition coefficient (Wildman–Crippen LogP) is 2.06. The van der Waals surface area contributed by atoms with Crippen LogP contribution in [0.4, 0.5) is 10.1 Å². The molecule has 0 aliphatic rings. The molecule has 0 spiro atoms. The maximum absolute atomic E-state index is 13.2. The molecule has 0 aromatic heterocycles. The summed E-state index contributed by atoms with van der Waals surface area (Å²) >= 11 is 0. The molecule has 0 fully saturated rings. The van der Waals surface area contributed by atoms with E-state index in [4.69, 9.17) is 10.4 Å². The van der Waals surface area contributed by atoms with Gasteiger partial charge in [0, 0.05) is 18.8 Å². The van der Waals surface area contributed by atoms with Crippen LogP contribution in [0.5, 0.6) is 0 Å².